The van der Waals surface area contributed by atoms with Gasteiger partial charge in [0, 0.05) is 26.2 Å². The van der Waals surface area contributed by atoms with Crippen LogP contribution in [0.5, 0.6) is 0 Å². The predicted molar refractivity (Wildman–Crippen MR) is 101 cm³/mol. The molecular weight excluding hydrogens is 348 g/mol. The zero-order valence-corrected chi connectivity index (χ0v) is 15.3. The number of hydrogen-bond acceptors (Lipinski definition) is 4. The highest BCUT2D eigenvalue weighted by atomic mass is 16.6. The van der Waals surface area contributed by atoms with Crippen molar-refractivity contribution < 1.29 is 9.72 Å². The monoisotopic (exact) mass is 368 g/mol. The van der Waals surface area contributed by atoms with Gasteiger partial charge in [-0.05, 0) is 24.6 Å². The van der Waals surface area contributed by atoms with Gasteiger partial charge in [-0.15, -0.1) is 0 Å². The van der Waals surface area contributed by atoms with E-state index in [-0.39, 0.29) is 29.9 Å². The smallest absolute Gasteiger partial charge is 0.329 e. The molecule has 0 aliphatic heterocycles. The van der Waals surface area contributed by atoms with Crippen LogP contribution < -0.4 is 5.69 Å². The summed E-state index contributed by atoms with van der Waals surface area (Å²) in [5.74, 6) is -0.257. The topological polar surface area (TPSA) is 90.4 Å². The van der Waals surface area contributed by atoms with Gasteiger partial charge in [0.25, 0.3) is 5.69 Å². The molecule has 1 amide bonds. The average Bonchev–Trinajstić information content (AvgIpc) is 2.92. The number of aromatic nitrogens is 2. The maximum Gasteiger partial charge on any atom is 0.329 e. The Labute approximate surface area is 155 Å². The van der Waals surface area contributed by atoms with Gasteiger partial charge in [-0.2, -0.15) is 0 Å². The summed E-state index contributed by atoms with van der Waals surface area (Å²) in [4.78, 5) is 37.3. The van der Waals surface area contributed by atoms with E-state index >= 15 is 0 Å². The first-order chi connectivity index (χ1) is 12.8. The highest BCUT2D eigenvalue weighted by Gasteiger charge is 2.21. The van der Waals surface area contributed by atoms with E-state index in [1.54, 1.807) is 39.2 Å². The summed E-state index contributed by atoms with van der Waals surface area (Å²) in [5, 5.41) is 11.0. The molecule has 8 nitrogen and oxygen atoms in total. The summed E-state index contributed by atoms with van der Waals surface area (Å²) in [6, 6.07) is 13.1. The van der Waals surface area contributed by atoms with Crippen LogP contribution in [-0.4, -0.2) is 31.9 Å². The standard InChI is InChI=1S/C19H20N4O4/c1-13(14-7-6-8-15(11-14)23(26)27)20(2)18(24)12-22-17-10-5-4-9-16(17)21(3)19(22)25/h4-11,13H,12H2,1-3H3. The number of likely N-dealkylation sites (N-methyl/N-ethyl adjacent to an activating group) is 1. The molecule has 140 valence electrons. The minimum Gasteiger partial charge on any atom is -0.337 e. The predicted octanol–water partition coefficient (Wildman–Crippen LogP) is 2.47. The third-order valence-electron chi connectivity index (χ3n) is 4.88. The van der Waals surface area contributed by atoms with Crippen LogP contribution in [0.1, 0.15) is 18.5 Å². The largest absolute Gasteiger partial charge is 0.337 e. The lowest BCUT2D eigenvalue weighted by atomic mass is 10.1. The lowest BCUT2D eigenvalue weighted by Crippen LogP contribution is -2.35. The third-order valence-corrected chi connectivity index (χ3v) is 4.88. The van der Waals surface area contributed by atoms with Gasteiger partial charge in [0.15, 0.2) is 0 Å². The van der Waals surface area contributed by atoms with Crippen LogP contribution in [0.3, 0.4) is 0 Å². The Balaban J connectivity index is 1.86. The molecule has 0 saturated carbocycles. The summed E-state index contributed by atoms with van der Waals surface area (Å²) >= 11 is 0. The first-order valence-electron chi connectivity index (χ1n) is 8.45. The molecule has 0 radical (unpaired) electrons. The second kappa shape index (κ2) is 7.06. The molecule has 1 unspecified atom stereocenters. The van der Waals surface area contributed by atoms with Crippen molar-refractivity contribution in [2.75, 3.05) is 7.05 Å². The molecule has 8 heteroatoms. The molecule has 0 aliphatic rings. The van der Waals surface area contributed by atoms with Gasteiger partial charge in [-0.25, -0.2) is 4.79 Å². The van der Waals surface area contributed by atoms with Gasteiger partial charge in [-0.1, -0.05) is 24.3 Å². The van der Waals surface area contributed by atoms with Crippen molar-refractivity contribution in [1.82, 2.24) is 14.0 Å². The van der Waals surface area contributed by atoms with Crippen LogP contribution in [-0.2, 0) is 18.4 Å². The lowest BCUT2D eigenvalue weighted by molar-refractivity contribution is -0.384. The second-order valence-electron chi connectivity index (χ2n) is 6.45. The lowest BCUT2D eigenvalue weighted by Gasteiger charge is -2.25. The van der Waals surface area contributed by atoms with Crippen molar-refractivity contribution in [2.45, 2.75) is 19.5 Å². The number of non-ortho nitro benzene ring substituents is 1. The Morgan fingerprint density at radius 3 is 2.52 bits per heavy atom. The fraction of sp³-hybridized carbons (Fsp3) is 0.263. The Kier molecular flexibility index (Phi) is 4.81. The quantitative estimate of drug-likeness (QED) is 0.511. The van der Waals surface area contributed by atoms with Gasteiger partial charge in [-0.3, -0.25) is 24.0 Å². The molecule has 3 rings (SSSR count). The Morgan fingerprint density at radius 1 is 1.19 bits per heavy atom. The summed E-state index contributed by atoms with van der Waals surface area (Å²) in [5.41, 5.74) is 1.82. The van der Waals surface area contributed by atoms with Crippen LogP contribution in [0.2, 0.25) is 0 Å². The zero-order valence-electron chi connectivity index (χ0n) is 15.3. The van der Waals surface area contributed by atoms with Gasteiger partial charge in [0.2, 0.25) is 5.91 Å². The van der Waals surface area contributed by atoms with E-state index in [1.807, 2.05) is 18.2 Å². The zero-order chi connectivity index (χ0) is 19.7. The van der Waals surface area contributed by atoms with Gasteiger partial charge < -0.3 is 4.90 Å². The van der Waals surface area contributed by atoms with E-state index in [0.717, 1.165) is 5.52 Å². The number of nitro benzene ring substituents is 1. The highest BCUT2D eigenvalue weighted by molar-refractivity contribution is 5.81. The van der Waals surface area contributed by atoms with Crippen molar-refractivity contribution in [2.24, 2.45) is 7.05 Å². The summed E-state index contributed by atoms with van der Waals surface area (Å²) < 4.78 is 2.95. The molecular formula is C19H20N4O4. The number of nitrogens with zero attached hydrogens (tertiary/aromatic N) is 4. The van der Waals surface area contributed by atoms with E-state index in [1.165, 1.54) is 26.2 Å². The molecule has 1 heterocycles. The van der Waals surface area contributed by atoms with Crippen LogP contribution in [0.25, 0.3) is 11.0 Å². The minimum atomic E-state index is -0.465. The van der Waals surface area contributed by atoms with Crippen LogP contribution in [0.15, 0.2) is 53.3 Å². The van der Waals surface area contributed by atoms with E-state index in [4.69, 9.17) is 0 Å². The Hall–Kier alpha value is -3.42. The number of imidazole rings is 1. The first-order valence-corrected chi connectivity index (χ1v) is 8.45. The normalized spacial score (nSPS) is 12.1. The molecule has 0 N–H and O–H groups in total. The summed E-state index contributed by atoms with van der Waals surface area (Å²) in [6.07, 6.45) is 0. The van der Waals surface area contributed by atoms with E-state index < -0.39 is 4.92 Å². The number of aryl methyl sites for hydroxylation is 1. The first kappa shape index (κ1) is 18.4. The molecule has 2 aromatic carbocycles. The number of hydrogen-bond donors (Lipinski definition) is 0. The number of carbonyl (C=O) groups is 1. The molecule has 3 aromatic rings. The molecule has 27 heavy (non-hydrogen) atoms. The van der Waals surface area contributed by atoms with Crippen molar-refractivity contribution >= 4 is 22.6 Å². The van der Waals surface area contributed by atoms with Gasteiger partial charge in [0.05, 0.1) is 22.0 Å². The molecule has 1 atom stereocenters. The molecule has 0 aliphatic carbocycles. The number of fused-ring (bicyclic) bond motifs is 1. The molecule has 1 aromatic heterocycles. The highest BCUT2D eigenvalue weighted by Crippen LogP contribution is 2.23. The number of rotatable bonds is 5. The average molecular weight is 368 g/mol. The van der Waals surface area contributed by atoms with E-state index in [9.17, 15) is 19.7 Å². The second-order valence-corrected chi connectivity index (χ2v) is 6.45. The van der Waals surface area contributed by atoms with Crippen molar-refractivity contribution in [3.63, 3.8) is 0 Å². The van der Waals surface area contributed by atoms with Gasteiger partial charge >= 0.3 is 5.69 Å². The van der Waals surface area contributed by atoms with E-state index in [0.29, 0.717) is 11.1 Å². The molecule has 0 spiro atoms. The van der Waals surface area contributed by atoms with Crippen molar-refractivity contribution in [3.8, 4) is 0 Å². The van der Waals surface area contributed by atoms with Crippen molar-refractivity contribution in [1.29, 1.82) is 0 Å². The number of benzene rings is 2. The van der Waals surface area contributed by atoms with E-state index in [2.05, 4.69) is 0 Å². The Bertz CT molecular complexity index is 1080. The number of carbonyl (C=O) groups excluding carboxylic acids is 1. The number of nitro groups is 1. The molecule has 0 fully saturated rings. The third kappa shape index (κ3) is 3.33. The molecule has 0 saturated heterocycles. The maximum atomic E-state index is 12.8. The summed E-state index contributed by atoms with van der Waals surface area (Å²) in [7, 11) is 3.29. The van der Waals surface area contributed by atoms with Crippen molar-refractivity contribution in [3.05, 3.63) is 74.7 Å². The fourth-order valence-electron chi connectivity index (χ4n) is 3.10. The summed E-state index contributed by atoms with van der Waals surface area (Å²) in [6.45, 7) is 1.69. The minimum absolute atomic E-state index is 0.0227. The maximum absolute atomic E-state index is 12.8. The van der Waals surface area contributed by atoms with Gasteiger partial charge in [0.1, 0.15) is 6.54 Å². The SMILES string of the molecule is CC(c1cccc([N+](=O)[O-])c1)N(C)C(=O)Cn1c(=O)n(C)c2ccccc21. The van der Waals surface area contributed by atoms with Crippen LogP contribution in [0.4, 0.5) is 5.69 Å². The molecule has 0 bridgehead atoms. The Morgan fingerprint density at radius 2 is 1.85 bits per heavy atom. The number of amides is 1. The van der Waals surface area contributed by atoms with Crippen LogP contribution >= 0.6 is 0 Å². The van der Waals surface area contributed by atoms with Crippen LogP contribution in [0, 0.1) is 10.1 Å². The fourth-order valence-corrected chi connectivity index (χ4v) is 3.10. The number of para-hydroxylation sites is 2.